The molecule has 0 aliphatic carbocycles. The highest BCUT2D eigenvalue weighted by Crippen LogP contribution is 2.45. The molecule has 0 fully saturated rings. The molecule has 88 heavy (non-hydrogen) atoms. The molecule has 522 valence electrons. The molecule has 0 aliphatic rings. The number of phosphoric ester groups is 2. The Morgan fingerprint density at radius 2 is 0.455 bits per heavy atom. The van der Waals surface area contributed by atoms with Crippen LogP contribution in [0.2, 0.25) is 0 Å². The fraction of sp³-hybridized carbons (Fsp3) is 0.942. The first-order chi connectivity index (χ1) is 42.7. The minimum atomic E-state index is -4.95. The van der Waals surface area contributed by atoms with E-state index in [4.69, 9.17) is 37.0 Å². The van der Waals surface area contributed by atoms with Gasteiger partial charge in [0.2, 0.25) is 0 Å². The van der Waals surface area contributed by atoms with Crippen LogP contribution in [-0.2, 0) is 65.4 Å². The van der Waals surface area contributed by atoms with E-state index in [1.807, 2.05) is 0 Å². The fourth-order valence-electron chi connectivity index (χ4n) is 10.5. The van der Waals surface area contributed by atoms with Gasteiger partial charge < -0.3 is 33.8 Å². The lowest BCUT2D eigenvalue weighted by Gasteiger charge is -2.21. The van der Waals surface area contributed by atoms with Gasteiger partial charge >= 0.3 is 39.5 Å². The van der Waals surface area contributed by atoms with Gasteiger partial charge in [0.25, 0.3) is 0 Å². The standard InChI is InChI=1S/C69H134O17P2/c1-5-9-13-17-21-23-25-27-29-30-31-32-34-36-38-40-44-48-52-56-69(74)86-65(60-80-67(72)54-50-46-43-39-37-35-33-28-26-24-22-18-14-10-6-2)62-84-88(77,78)82-58-63(70)57-81-87(75,76)83-61-64(85-68(73)55-51-47-42-20-16-12-8-4)59-79-66(71)53-49-45-41-19-15-11-7-3/h63-65,70H,5-62H2,1-4H3,(H,75,76)(H,77,78)/t63-,64+,65+/m0/s1. The van der Waals surface area contributed by atoms with Crippen LogP contribution in [0.3, 0.4) is 0 Å². The predicted molar refractivity (Wildman–Crippen MR) is 354 cm³/mol. The highest BCUT2D eigenvalue weighted by molar-refractivity contribution is 7.47. The number of carbonyl (C=O) groups is 4. The van der Waals surface area contributed by atoms with Crippen LogP contribution in [0.15, 0.2) is 0 Å². The van der Waals surface area contributed by atoms with E-state index in [0.717, 1.165) is 116 Å². The lowest BCUT2D eigenvalue weighted by atomic mass is 10.0. The SMILES string of the molecule is CCCCCCCCCCCCCCCCCCCCCC(=O)O[C@H](COC(=O)CCCCCCCCCCCCCCCCC)COP(=O)(O)OC[C@@H](O)COP(=O)(O)OC[C@@H](COC(=O)CCCCCCCCC)OC(=O)CCCCCCCCC. The molecule has 0 aliphatic heterocycles. The third-order valence-corrected chi connectivity index (χ3v) is 18.0. The zero-order valence-corrected chi connectivity index (χ0v) is 58.5. The number of hydrogen-bond donors (Lipinski definition) is 3. The number of aliphatic hydroxyl groups is 1. The molecule has 0 aromatic heterocycles. The Kier molecular flexibility index (Phi) is 62.4. The molecule has 0 aromatic rings. The van der Waals surface area contributed by atoms with Crippen LogP contribution >= 0.6 is 15.6 Å². The first kappa shape index (κ1) is 86.1. The number of unbranched alkanes of at least 4 members (excludes halogenated alkanes) is 44. The van der Waals surface area contributed by atoms with Crippen molar-refractivity contribution in [3.8, 4) is 0 Å². The van der Waals surface area contributed by atoms with Crippen molar-refractivity contribution in [2.24, 2.45) is 0 Å². The van der Waals surface area contributed by atoms with Crippen molar-refractivity contribution in [2.75, 3.05) is 39.6 Å². The molecule has 0 amide bonds. The van der Waals surface area contributed by atoms with Crippen LogP contribution < -0.4 is 0 Å². The minimum Gasteiger partial charge on any atom is -0.462 e. The summed E-state index contributed by atoms with van der Waals surface area (Å²) in [6.45, 7) is 4.85. The highest BCUT2D eigenvalue weighted by atomic mass is 31.2. The van der Waals surface area contributed by atoms with E-state index < -0.39 is 97.5 Å². The third-order valence-electron chi connectivity index (χ3n) is 16.1. The van der Waals surface area contributed by atoms with Crippen LogP contribution in [-0.4, -0.2) is 96.7 Å². The largest absolute Gasteiger partial charge is 0.472 e. The summed E-state index contributed by atoms with van der Waals surface area (Å²) in [6.07, 6.45) is 51.7. The summed E-state index contributed by atoms with van der Waals surface area (Å²) in [7, 11) is -9.88. The summed E-state index contributed by atoms with van der Waals surface area (Å²) in [6, 6.07) is 0. The Balaban J connectivity index is 5.13. The molecule has 2 unspecified atom stereocenters. The van der Waals surface area contributed by atoms with Gasteiger partial charge in [-0.3, -0.25) is 37.3 Å². The summed E-state index contributed by atoms with van der Waals surface area (Å²) in [4.78, 5) is 72.2. The van der Waals surface area contributed by atoms with Gasteiger partial charge in [-0.05, 0) is 25.7 Å². The molecule has 19 heteroatoms. The second-order valence-corrected chi connectivity index (χ2v) is 27.8. The van der Waals surface area contributed by atoms with Crippen LogP contribution in [0.1, 0.15) is 362 Å². The van der Waals surface area contributed by atoms with Crippen molar-refractivity contribution in [3.05, 3.63) is 0 Å². The van der Waals surface area contributed by atoms with Gasteiger partial charge in [0.15, 0.2) is 12.2 Å². The Labute approximate surface area is 537 Å². The quantitative estimate of drug-likeness (QED) is 0.0222. The molecule has 0 rings (SSSR count). The van der Waals surface area contributed by atoms with Crippen LogP contribution in [0.25, 0.3) is 0 Å². The smallest absolute Gasteiger partial charge is 0.462 e. The molecule has 3 N–H and O–H groups in total. The Morgan fingerprint density at radius 1 is 0.273 bits per heavy atom. The normalized spacial score (nSPS) is 14.0. The van der Waals surface area contributed by atoms with Crippen LogP contribution in [0.5, 0.6) is 0 Å². The second-order valence-electron chi connectivity index (χ2n) is 24.9. The summed E-state index contributed by atoms with van der Waals surface area (Å²) >= 11 is 0. The molecule has 0 heterocycles. The van der Waals surface area contributed by atoms with Gasteiger partial charge in [-0.1, -0.05) is 310 Å². The maximum atomic E-state index is 13.0. The molecule has 0 spiro atoms. The van der Waals surface area contributed by atoms with E-state index in [-0.39, 0.29) is 25.7 Å². The van der Waals surface area contributed by atoms with Crippen molar-refractivity contribution in [1.82, 2.24) is 0 Å². The average molecular weight is 1300 g/mol. The van der Waals surface area contributed by atoms with Crippen molar-refractivity contribution in [3.63, 3.8) is 0 Å². The van der Waals surface area contributed by atoms with Gasteiger partial charge in [-0.25, -0.2) is 9.13 Å². The Bertz CT molecular complexity index is 1690. The van der Waals surface area contributed by atoms with E-state index in [1.54, 1.807) is 0 Å². The molecule has 0 bridgehead atoms. The van der Waals surface area contributed by atoms with E-state index >= 15 is 0 Å². The summed E-state index contributed by atoms with van der Waals surface area (Å²) in [5, 5.41) is 10.5. The zero-order valence-electron chi connectivity index (χ0n) is 56.7. The van der Waals surface area contributed by atoms with E-state index in [2.05, 4.69) is 27.7 Å². The number of hydrogen-bond acceptors (Lipinski definition) is 15. The number of phosphoric acid groups is 2. The summed E-state index contributed by atoms with van der Waals surface area (Å²) < 4.78 is 68.0. The van der Waals surface area contributed by atoms with Crippen molar-refractivity contribution < 1.29 is 80.2 Å². The highest BCUT2D eigenvalue weighted by Gasteiger charge is 2.30. The lowest BCUT2D eigenvalue weighted by molar-refractivity contribution is -0.161. The number of esters is 4. The van der Waals surface area contributed by atoms with E-state index in [0.29, 0.717) is 25.7 Å². The number of carbonyl (C=O) groups excluding carboxylic acids is 4. The van der Waals surface area contributed by atoms with Gasteiger partial charge in [0.1, 0.15) is 19.3 Å². The molecule has 17 nitrogen and oxygen atoms in total. The topological polar surface area (TPSA) is 237 Å². The number of rotatable bonds is 70. The first-order valence-corrected chi connectivity index (χ1v) is 39.3. The molecule has 0 radical (unpaired) electrons. The van der Waals surface area contributed by atoms with Crippen molar-refractivity contribution in [1.29, 1.82) is 0 Å². The van der Waals surface area contributed by atoms with E-state index in [1.165, 1.54) is 167 Å². The molecular weight excluding hydrogens is 1160 g/mol. The molecule has 0 saturated heterocycles. The summed E-state index contributed by atoms with van der Waals surface area (Å²) in [5.74, 6) is -2.13. The van der Waals surface area contributed by atoms with Crippen LogP contribution in [0, 0.1) is 0 Å². The van der Waals surface area contributed by atoms with Crippen molar-refractivity contribution >= 4 is 39.5 Å². The lowest BCUT2D eigenvalue weighted by Crippen LogP contribution is -2.30. The van der Waals surface area contributed by atoms with Gasteiger partial charge in [0, 0.05) is 25.7 Å². The maximum absolute atomic E-state index is 13.0. The average Bonchev–Trinajstić information content (AvgIpc) is 3.71. The van der Waals surface area contributed by atoms with Gasteiger partial charge in [-0.2, -0.15) is 0 Å². The van der Waals surface area contributed by atoms with Gasteiger partial charge in [0.05, 0.1) is 26.4 Å². The Hall–Kier alpha value is -1.94. The number of ether oxygens (including phenoxy) is 4. The predicted octanol–water partition coefficient (Wildman–Crippen LogP) is 19.9. The number of aliphatic hydroxyl groups excluding tert-OH is 1. The first-order valence-electron chi connectivity index (χ1n) is 36.3. The third kappa shape index (κ3) is 62.8. The Morgan fingerprint density at radius 3 is 0.670 bits per heavy atom. The van der Waals surface area contributed by atoms with Gasteiger partial charge in [-0.15, -0.1) is 0 Å². The second kappa shape index (κ2) is 63.8. The van der Waals surface area contributed by atoms with Crippen molar-refractivity contribution in [2.45, 2.75) is 380 Å². The fourth-order valence-corrected chi connectivity index (χ4v) is 12.1. The van der Waals surface area contributed by atoms with Crippen LogP contribution in [0.4, 0.5) is 0 Å². The van der Waals surface area contributed by atoms with E-state index in [9.17, 15) is 43.2 Å². The molecule has 5 atom stereocenters. The molecule has 0 aromatic carbocycles. The summed E-state index contributed by atoms with van der Waals surface area (Å²) in [5.41, 5.74) is 0. The molecule has 0 saturated carbocycles. The minimum absolute atomic E-state index is 0.104. The maximum Gasteiger partial charge on any atom is 0.472 e. The molecular formula is C69H134O17P2. The monoisotopic (exact) mass is 1300 g/mol. The zero-order chi connectivity index (χ0) is 64.7.